The fourth-order valence-electron chi connectivity index (χ4n) is 3.85. The van der Waals surface area contributed by atoms with Gasteiger partial charge in [-0.05, 0) is 38.3 Å². The second-order valence-corrected chi connectivity index (χ2v) is 7.38. The molecule has 1 aromatic rings. The van der Waals surface area contributed by atoms with Crippen LogP contribution in [0.3, 0.4) is 0 Å². The molecule has 2 aliphatic heterocycles. The number of hydrogen-bond donors (Lipinski definition) is 1. The lowest BCUT2D eigenvalue weighted by molar-refractivity contribution is -0.136. The maximum absolute atomic E-state index is 12.7. The average molecular weight is 375 g/mol. The third-order valence-corrected chi connectivity index (χ3v) is 5.58. The predicted molar refractivity (Wildman–Crippen MR) is 102 cm³/mol. The van der Waals surface area contributed by atoms with E-state index in [-0.39, 0.29) is 23.1 Å². The summed E-state index contributed by atoms with van der Waals surface area (Å²) < 4.78 is 5.06. The summed E-state index contributed by atoms with van der Waals surface area (Å²) in [5.41, 5.74) is 0.280. The van der Waals surface area contributed by atoms with Gasteiger partial charge in [0.2, 0.25) is 5.91 Å². The third-order valence-electron chi connectivity index (χ3n) is 5.58. The van der Waals surface area contributed by atoms with E-state index in [0.29, 0.717) is 44.5 Å². The van der Waals surface area contributed by atoms with Crippen LogP contribution >= 0.6 is 0 Å². The molecular formula is C20H29N3O4. The highest BCUT2D eigenvalue weighted by molar-refractivity contribution is 5.97. The van der Waals surface area contributed by atoms with Crippen molar-refractivity contribution >= 4 is 11.8 Å². The maximum atomic E-state index is 12.7. The van der Waals surface area contributed by atoms with Crippen molar-refractivity contribution in [1.82, 2.24) is 14.7 Å². The fraction of sp³-hybridized carbons (Fsp3) is 0.600. The molecule has 2 saturated heterocycles. The molecule has 0 bridgehead atoms. The van der Waals surface area contributed by atoms with Gasteiger partial charge in [0.25, 0.3) is 5.91 Å². The molecule has 2 heterocycles. The second-order valence-electron chi connectivity index (χ2n) is 7.38. The van der Waals surface area contributed by atoms with E-state index in [1.807, 2.05) is 4.90 Å². The van der Waals surface area contributed by atoms with Gasteiger partial charge in [-0.3, -0.25) is 14.5 Å². The molecule has 7 heteroatoms. The summed E-state index contributed by atoms with van der Waals surface area (Å²) in [5, 5.41) is 10.1. The number of carbonyl (C=O) groups excluding carboxylic acids is 2. The number of nitrogens with zero attached hydrogens (tertiary/aromatic N) is 3. The van der Waals surface area contributed by atoms with Crippen LogP contribution in [0.2, 0.25) is 0 Å². The number of likely N-dealkylation sites (tertiary alicyclic amines) is 1. The predicted octanol–water partition coefficient (Wildman–Crippen LogP) is 1.56. The minimum Gasteiger partial charge on any atom is -0.507 e. The summed E-state index contributed by atoms with van der Waals surface area (Å²) in [6.07, 6.45) is 3.37. The van der Waals surface area contributed by atoms with Gasteiger partial charge < -0.3 is 19.6 Å². The summed E-state index contributed by atoms with van der Waals surface area (Å²) >= 11 is 0. The second kappa shape index (κ2) is 8.61. The van der Waals surface area contributed by atoms with E-state index >= 15 is 0 Å². The van der Waals surface area contributed by atoms with E-state index in [1.165, 1.54) is 19.6 Å². The van der Waals surface area contributed by atoms with E-state index in [9.17, 15) is 14.7 Å². The molecule has 1 N–H and O–H groups in total. The molecule has 1 atom stereocenters. The number of ether oxygens (including phenoxy) is 1. The molecule has 2 amide bonds. The zero-order valence-corrected chi connectivity index (χ0v) is 16.2. The number of piperazine rings is 1. The number of phenols is 1. The van der Waals surface area contributed by atoms with E-state index in [1.54, 1.807) is 17.0 Å². The summed E-state index contributed by atoms with van der Waals surface area (Å²) in [6.45, 7) is 5.82. The van der Waals surface area contributed by atoms with Gasteiger partial charge >= 0.3 is 0 Å². The monoisotopic (exact) mass is 375 g/mol. The smallest absolute Gasteiger partial charge is 0.257 e. The molecule has 0 unspecified atom stereocenters. The zero-order valence-electron chi connectivity index (χ0n) is 16.2. The summed E-state index contributed by atoms with van der Waals surface area (Å²) in [7, 11) is 1.52. The number of methoxy groups -OCH3 is 1. The Kier molecular flexibility index (Phi) is 6.21. The molecule has 0 radical (unpaired) electrons. The van der Waals surface area contributed by atoms with Gasteiger partial charge in [0.05, 0.1) is 19.2 Å². The average Bonchev–Trinajstić information content (AvgIpc) is 2.68. The first kappa shape index (κ1) is 19.5. The van der Waals surface area contributed by atoms with Crippen LogP contribution in [0.15, 0.2) is 18.2 Å². The topological polar surface area (TPSA) is 73.3 Å². The van der Waals surface area contributed by atoms with Crippen molar-refractivity contribution in [3.8, 4) is 11.5 Å². The van der Waals surface area contributed by atoms with E-state index in [4.69, 9.17) is 4.74 Å². The molecule has 148 valence electrons. The lowest BCUT2D eigenvalue weighted by atomic mass is 10.0. The molecular weight excluding hydrogens is 346 g/mol. The Hall–Kier alpha value is -2.28. The molecule has 0 saturated carbocycles. The van der Waals surface area contributed by atoms with Crippen LogP contribution in [0.4, 0.5) is 0 Å². The van der Waals surface area contributed by atoms with Crippen LogP contribution in [-0.4, -0.2) is 84.0 Å². The zero-order chi connectivity index (χ0) is 19.4. The van der Waals surface area contributed by atoms with Crippen LogP contribution in [-0.2, 0) is 4.79 Å². The first-order valence-electron chi connectivity index (χ1n) is 9.67. The van der Waals surface area contributed by atoms with Gasteiger partial charge in [-0.1, -0.05) is 0 Å². The van der Waals surface area contributed by atoms with Gasteiger partial charge in [-0.2, -0.15) is 0 Å². The molecule has 3 rings (SSSR count). The number of rotatable bonds is 4. The van der Waals surface area contributed by atoms with Gasteiger partial charge in [0, 0.05) is 44.8 Å². The highest BCUT2D eigenvalue weighted by atomic mass is 16.5. The van der Waals surface area contributed by atoms with Crippen molar-refractivity contribution in [2.45, 2.75) is 32.2 Å². The number of hydrogen-bond acceptors (Lipinski definition) is 5. The lowest BCUT2D eigenvalue weighted by Gasteiger charge is -2.38. The first-order valence-corrected chi connectivity index (χ1v) is 9.67. The van der Waals surface area contributed by atoms with Crippen molar-refractivity contribution in [2.75, 3.05) is 46.4 Å². The van der Waals surface area contributed by atoms with Crippen LogP contribution in [0.1, 0.15) is 36.5 Å². The number of aromatic hydroxyl groups is 1. The maximum Gasteiger partial charge on any atom is 0.257 e. The Bertz CT molecular complexity index is 686. The number of piperidine rings is 1. The molecule has 2 fully saturated rings. The van der Waals surface area contributed by atoms with E-state index in [2.05, 4.69) is 11.8 Å². The number of amides is 2. The van der Waals surface area contributed by atoms with Gasteiger partial charge in [0.15, 0.2) is 0 Å². The van der Waals surface area contributed by atoms with Crippen LogP contribution in [0, 0.1) is 0 Å². The Labute approximate surface area is 160 Å². The van der Waals surface area contributed by atoms with Crippen molar-refractivity contribution in [3.63, 3.8) is 0 Å². The van der Waals surface area contributed by atoms with E-state index < -0.39 is 0 Å². The Morgan fingerprint density at radius 3 is 2.52 bits per heavy atom. The molecule has 7 nitrogen and oxygen atoms in total. The summed E-state index contributed by atoms with van der Waals surface area (Å²) in [4.78, 5) is 31.1. The Balaban J connectivity index is 1.52. The van der Waals surface area contributed by atoms with Crippen LogP contribution in [0.25, 0.3) is 0 Å². The molecule has 27 heavy (non-hydrogen) atoms. The normalized spacial score (nSPS) is 21.2. The highest BCUT2D eigenvalue weighted by Gasteiger charge is 2.28. The minimum atomic E-state index is -0.189. The molecule has 0 aliphatic carbocycles. The van der Waals surface area contributed by atoms with Gasteiger partial charge in [0.1, 0.15) is 11.5 Å². The number of phenolic OH excluding ortho intramolecular Hbond substituents is 1. The van der Waals surface area contributed by atoms with E-state index in [0.717, 1.165) is 19.4 Å². The van der Waals surface area contributed by atoms with Crippen molar-refractivity contribution in [1.29, 1.82) is 0 Å². The summed E-state index contributed by atoms with van der Waals surface area (Å²) in [5.74, 6) is 0.441. The SMILES string of the molecule is COc1ccc(C(=O)N2CCN(CC(=O)N3CCCC[C@@H]3C)CC2)c(O)c1. The Morgan fingerprint density at radius 2 is 1.89 bits per heavy atom. The third kappa shape index (κ3) is 4.53. The van der Waals surface area contributed by atoms with Crippen LogP contribution < -0.4 is 4.74 Å². The molecule has 0 aromatic heterocycles. The van der Waals surface area contributed by atoms with Gasteiger partial charge in [-0.15, -0.1) is 0 Å². The Morgan fingerprint density at radius 1 is 1.15 bits per heavy atom. The van der Waals surface area contributed by atoms with Crippen molar-refractivity contribution in [3.05, 3.63) is 23.8 Å². The van der Waals surface area contributed by atoms with Crippen molar-refractivity contribution < 1.29 is 19.4 Å². The standard InChI is InChI=1S/C20H29N3O4/c1-15-5-3-4-8-23(15)19(25)14-21-9-11-22(12-10-21)20(26)17-7-6-16(27-2)13-18(17)24/h6-7,13,15,24H,3-5,8-12,14H2,1-2H3/t15-/m0/s1. The summed E-state index contributed by atoms with van der Waals surface area (Å²) in [6, 6.07) is 5.03. The first-order chi connectivity index (χ1) is 13.0. The number of carbonyl (C=O) groups is 2. The van der Waals surface area contributed by atoms with Crippen molar-refractivity contribution in [2.24, 2.45) is 0 Å². The molecule has 0 spiro atoms. The largest absolute Gasteiger partial charge is 0.507 e. The lowest BCUT2D eigenvalue weighted by Crippen LogP contribution is -2.53. The quantitative estimate of drug-likeness (QED) is 0.865. The molecule has 2 aliphatic rings. The fourth-order valence-corrected chi connectivity index (χ4v) is 3.85. The van der Waals surface area contributed by atoms with Crippen LogP contribution in [0.5, 0.6) is 11.5 Å². The van der Waals surface area contributed by atoms with Gasteiger partial charge in [-0.25, -0.2) is 0 Å². The highest BCUT2D eigenvalue weighted by Crippen LogP contribution is 2.25. The number of benzene rings is 1. The minimum absolute atomic E-state index is 0.0731. The molecule has 1 aromatic carbocycles.